The van der Waals surface area contributed by atoms with Crippen molar-refractivity contribution in [1.82, 2.24) is 0 Å². The molecule has 0 bridgehead atoms. The molecule has 1 heterocycles. The van der Waals surface area contributed by atoms with Crippen molar-refractivity contribution in [3.05, 3.63) is 23.8 Å². The van der Waals surface area contributed by atoms with Gasteiger partial charge >= 0.3 is 5.97 Å². The van der Waals surface area contributed by atoms with Crippen LogP contribution in [0.2, 0.25) is 0 Å². The minimum atomic E-state index is -0.332. The smallest absolute Gasteiger partial charge is 0.340 e. The summed E-state index contributed by atoms with van der Waals surface area (Å²) in [5, 5.41) is 0. The predicted octanol–water partition coefficient (Wildman–Crippen LogP) is 2.06. The van der Waals surface area contributed by atoms with E-state index in [0.29, 0.717) is 31.0 Å². The molecule has 110 valence electrons. The second-order valence-electron chi connectivity index (χ2n) is 5.11. The van der Waals surface area contributed by atoms with Gasteiger partial charge in [-0.3, -0.25) is 0 Å². The number of nitrogens with zero attached hydrogens (tertiary/aromatic N) is 1. The number of rotatable bonds is 3. The van der Waals surface area contributed by atoms with E-state index in [1.807, 2.05) is 13.0 Å². The molecule has 20 heavy (non-hydrogen) atoms. The SMILES string of the molecule is CCOC(=O)c1cccc(N)c1N1CC(C)OCC1C. The molecule has 1 fully saturated rings. The number of benzene rings is 1. The van der Waals surface area contributed by atoms with Crippen LogP contribution in [0.5, 0.6) is 0 Å². The van der Waals surface area contributed by atoms with Crippen molar-refractivity contribution >= 4 is 17.3 Å². The topological polar surface area (TPSA) is 64.8 Å². The van der Waals surface area contributed by atoms with Crippen molar-refractivity contribution in [3.63, 3.8) is 0 Å². The van der Waals surface area contributed by atoms with Crippen molar-refractivity contribution in [2.75, 3.05) is 30.4 Å². The van der Waals surface area contributed by atoms with Gasteiger partial charge in [0.15, 0.2) is 0 Å². The van der Waals surface area contributed by atoms with Gasteiger partial charge in [0.1, 0.15) is 0 Å². The van der Waals surface area contributed by atoms with Gasteiger partial charge in [0.2, 0.25) is 0 Å². The van der Waals surface area contributed by atoms with Gasteiger partial charge in [0.25, 0.3) is 0 Å². The summed E-state index contributed by atoms with van der Waals surface area (Å²) in [6, 6.07) is 5.52. The summed E-state index contributed by atoms with van der Waals surface area (Å²) >= 11 is 0. The van der Waals surface area contributed by atoms with E-state index >= 15 is 0 Å². The molecule has 1 aromatic rings. The maximum absolute atomic E-state index is 12.1. The number of carbonyl (C=O) groups is 1. The first kappa shape index (κ1) is 14.7. The molecule has 0 aliphatic carbocycles. The molecular formula is C15H22N2O3. The number of nitrogen functional groups attached to an aromatic ring is 1. The number of hydrogen-bond donors (Lipinski definition) is 1. The molecule has 2 atom stereocenters. The molecule has 0 aromatic heterocycles. The molecular weight excluding hydrogens is 256 g/mol. The Morgan fingerprint density at radius 1 is 1.50 bits per heavy atom. The molecule has 5 nitrogen and oxygen atoms in total. The van der Waals surface area contributed by atoms with Crippen LogP contribution in [-0.4, -0.2) is 37.9 Å². The highest BCUT2D eigenvalue weighted by Crippen LogP contribution is 2.32. The maximum Gasteiger partial charge on any atom is 0.340 e. The largest absolute Gasteiger partial charge is 0.462 e. The molecule has 2 rings (SSSR count). The monoisotopic (exact) mass is 278 g/mol. The second-order valence-corrected chi connectivity index (χ2v) is 5.11. The lowest BCUT2D eigenvalue weighted by atomic mass is 10.1. The number of hydrogen-bond acceptors (Lipinski definition) is 5. The fourth-order valence-corrected chi connectivity index (χ4v) is 2.47. The Kier molecular flexibility index (Phi) is 4.49. The van der Waals surface area contributed by atoms with E-state index in [-0.39, 0.29) is 18.1 Å². The molecule has 1 aliphatic rings. The average Bonchev–Trinajstić information content (AvgIpc) is 2.42. The molecule has 1 aromatic carbocycles. The molecule has 2 N–H and O–H groups in total. The number of para-hydroxylation sites is 1. The Bertz CT molecular complexity index is 490. The number of morpholine rings is 1. The van der Waals surface area contributed by atoms with Crippen molar-refractivity contribution in [2.24, 2.45) is 0 Å². The standard InChI is InChI=1S/C15H22N2O3/c1-4-19-15(18)12-6-5-7-13(16)14(12)17-8-11(3)20-9-10(17)2/h5-7,10-11H,4,8-9,16H2,1-3H3. The third-order valence-corrected chi connectivity index (χ3v) is 3.46. The normalized spacial score (nSPS) is 22.6. The Morgan fingerprint density at radius 3 is 2.95 bits per heavy atom. The van der Waals surface area contributed by atoms with Gasteiger partial charge in [-0.2, -0.15) is 0 Å². The van der Waals surface area contributed by atoms with Crippen LogP contribution < -0.4 is 10.6 Å². The van der Waals surface area contributed by atoms with E-state index < -0.39 is 0 Å². The summed E-state index contributed by atoms with van der Waals surface area (Å²) in [6.07, 6.45) is 0.112. The summed E-state index contributed by atoms with van der Waals surface area (Å²) in [7, 11) is 0. The van der Waals surface area contributed by atoms with Gasteiger partial charge in [-0.25, -0.2) is 4.79 Å². The van der Waals surface area contributed by atoms with Crippen molar-refractivity contribution in [1.29, 1.82) is 0 Å². The van der Waals surface area contributed by atoms with E-state index in [4.69, 9.17) is 15.2 Å². The number of ether oxygens (including phenoxy) is 2. The summed E-state index contributed by atoms with van der Waals surface area (Å²) < 4.78 is 10.8. The Balaban J connectivity index is 2.41. The quantitative estimate of drug-likeness (QED) is 0.677. The zero-order chi connectivity index (χ0) is 14.7. The van der Waals surface area contributed by atoms with E-state index in [0.717, 1.165) is 5.69 Å². The Morgan fingerprint density at radius 2 is 2.25 bits per heavy atom. The van der Waals surface area contributed by atoms with Gasteiger partial charge in [0.05, 0.1) is 36.3 Å². The van der Waals surface area contributed by atoms with Crippen LogP contribution in [-0.2, 0) is 9.47 Å². The number of carbonyl (C=O) groups excluding carboxylic acids is 1. The third-order valence-electron chi connectivity index (χ3n) is 3.46. The van der Waals surface area contributed by atoms with Gasteiger partial charge in [-0.05, 0) is 32.9 Å². The van der Waals surface area contributed by atoms with Crippen LogP contribution in [0.4, 0.5) is 11.4 Å². The highest BCUT2D eigenvalue weighted by atomic mass is 16.5. The van der Waals surface area contributed by atoms with Gasteiger partial charge in [-0.15, -0.1) is 0 Å². The minimum Gasteiger partial charge on any atom is -0.462 e. The summed E-state index contributed by atoms with van der Waals surface area (Å²) in [5.41, 5.74) is 7.98. The first-order valence-corrected chi connectivity index (χ1v) is 6.98. The first-order valence-electron chi connectivity index (χ1n) is 6.98. The number of nitrogens with two attached hydrogens (primary N) is 1. The van der Waals surface area contributed by atoms with E-state index in [1.165, 1.54) is 0 Å². The molecule has 2 unspecified atom stereocenters. The van der Waals surface area contributed by atoms with Crippen LogP contribution >= 0.6 is 0 Å². The third kappa shape index (κ3) is 2.88. The fraction of sp³-hybridized carbons (Fsp3) is 0.533. The number of anilines is 2. The second kappa shape index (κ2) is 6.13. The zero-order valence-electron chi connectivity index (χ0n) is 12.3. The van der Waals surface area contributed by atoms with Crippen molar-refractivity contribution < 1.29 is 14.3 Å². The molecule has 1 saturated heterocycles. The van der Waals surface area contributed by atoms with Crippen LogP contribution in [0.25, 0.3) is 0 Å². The van der Waals surface area contributed by atoms with Crippen molar-refractivity contribution in [3.8, 4) is 0 Å². The van der Waals surface area contributed by atoms with Gasteiger partial charge in [-0.1, -0.05) is 6.07 Å². The van der Waals surface area contributed by atoms with E-state index in [2.05, 4.69) is 11.8 Å². The molecule has 5 heteroatoms. The predicted molar refractivity (Wildman–Crippen MR) is 79.0 cm³/mol. The molecule has 0 amide bonds. The summed E-state index contributed by atoms with van der Waals surface area (Å²) in [4.78, 5) is 14.2. The van der Waals surface area contributed by atoms with Crippen molar-refractivity contribution in [2.45, 2.75) is 32.9 Å². The first-order chi connectivity index (χ1) is 9.54. The molecule has 0 radical (unpaired) electrons. The van der Waals surface area contributed by atoms with Crippen LogP contribution in [0.3, 0.4) is 0 Å². The van der Waals surface area contributed by atoms with E-state index in [9.17, 15) is 4.79 Å². The summed E-state index contributed by atoms with van der Waals surface area (Å²) in [5.74, 6) is -0.332. The Labute approximate surface area is 119 Å². The van der Waals surface area contributed by atoms with Gasteiger partial charge in [0, 0.05) is 12.6 Å². The lowest BCUT2D eigenvalue weighted by molar-refractivity contribution is 0.0339. The van der Waals surface area contributed by atoms with Gasteiger partial charge < -0.3 is 20.1 Å². The molecule has 0 saturated carbocycles. The zero-order valence-corrected chi connectivity index (χ0v) is 12.3. The van der Waals surface area contributed by atoms with Crippen LogP contribution in [0.15, 0.2) is 18.2 Å². The Hall–Kier alpha value is -1.75. The lowest BCUT2D eigenvalue weighted by Crippen LogP contribution is -2.48. The fourth-order valence-electron chi connectivity index (χ4n) is 2.47. The highest BCUT2D eigenvalue weighted by molar-refractivity contribution is 5.99. The minimum absolute atomic E-state index is 0.112. The highest BCUT2D eigenvalue weighted by Gasteiger charge is 2.28. The molecule has 1 aliphatic heterocycles. The number of esters is 1. The van der Waals surface area contributed by atoms with Crippen LogP contribution in [0.1, 0.15) is 31.1 Å². The molecule has 0 spiro atoms. The maximum atomic E-state index is 12.1. The van der Waals surface area contributed by atoms with E-state index in [1.54, 1.807) is 19.1 Å². The lowest BCUT2D eigenvalue weighted by Gasteiger charge is -2.39. The average molecular weight is 278 g/mol. The summed E-state index contributed by atoms with van der Waals surface area (Å²) in [6.45, 7) is 7.56. The van der Waals surface area contributed by atoms with Crippen LogP contribution in [0, 0.1) is 0 Å².